The highest BCUT2D eigenvalue weighted by Gasteiger charge is 2.03. The van der Waals surface area contributed by atoms with Crippen molar-refractivity contribution < 1.29 is 9.47 Å². The number of benzene rings is 2. The van der Waals surface area contributed by atoms with E-state index >= 15 is 0 Å². The van der Waals surface area contributed by atoms with E-state index in [2.05, 4.69) is 54.9 Å². The zero-order chi connectivity index (χ0) is 18.1. The molecule has 0 aliphatic heterocycles. The number of rotatable bonds is 10. The van der Waals surface area contributed by atoms with Gasteiger partial charge in [0.2, 0.25) is 0 Å². The van der Waals surface area contributed by atoms with Crippen LogP contribution in [0.15, 0.2) is 60.9 Å². The summed E-state index contributed by atoms with van der Waals surface area (Å²) in [6.07, 6.45) is 0. The number of nitrogens with zero attached hydrogens (tertiary/aromatic N) is 1. The number of hydrogen-bond donors (Lipinski definition) is 1. The molecule has 0 atom stereocenters. The van der Waals surface area contributed by atoms with Crippen molar-refractivity contribution in [2.75, 3.05) is 33.9 Å². The van der Waals surface area contributed by atoms with Crippen LogP contribution in [0.1, 0.15) is 11.1 Å². The van der Waals surface area contributed by atoms with Crippen molar-refractivity contribution in [3.63, 3.8) is 0 Å². The largest absolute Gasteiger partial charge is 0.493 e. The Morgan fingerprint density at radius 3 is 2.52 bits per heavy atom. The summed E-state index contributed by atoms with van der Waals surface area (Å²) in [5, 5.41) is 0. The molecule has 0 aromatic heterocycles. The lowest BCUT2D eigenvalue weighted by Gasteiger charge is -2.16. The summed E-state index contributed by atoms with van der Waals surface area (Å²) in [7, 11) is 3.83. The minimum atomic E-state index is 0.347. The van der Waals surface area contributed by atoms with Gasteiger partial charge in [0.1, 0.15) is 12.4 Å². The van der Waals surface area contributed by atoms with Crippen LogP contribution in [-0.4, -0.2) is 38.8 Å². The molecule has 0 heterocycles. The second kappa shape index (κ2) is 9.99. The highest BCUT2D eigenvalue weighted by atomic mass is 16.5. The van der Waals surface area contributed by atoms with E-state index in [1.165, 1.54) is 16.7 Å². The molecule has 0 saturated heterocycles. The highest BCUT2D eigenvalue weighted by Crippen LogP contribution is 2.22. The predicted molar refractivity (Wildman–Crippen MR) is 103 cm³/mol. The topological polar surface area (TPSA) is 47.7 Å². The van der Waals surface area contributed by atoms with E-state index in [0.29, 0.717) is 18.9 Å². The second-order valence-corrected chi connectivity index (χ2v) is 6.16. The van der Waals surface area contributed by atoms with Crippen LogP contribution in [0.3, 0.4) is 0 Å². The summed E-state index contributed by atoms with van der Waals surface area (Å²) in [5.74, 6) is 0.604. The van der Waals surface area contributed by atoms with E-state index < -0.39 is 0 Å². The van der Waals surface area contributed by atoms with Gasteiger partial charge in [0.15, 0.2) is 0 Å². The molecular weight excluding hydrogens is 312 g/mol. The van der Waals surface area contributed by atoms with E-state index in [0.717, 1.165) is 25.3 Å². The van der Waals surface area contributed by atoms with E-state index in [1.54, 1.807) is 7.11 Å². The SMILES string of the molecule is C=C(CN)OCc1cccc(-c2ccc(CN(C)CCOC)cc2)c1. The third-order valence-electron chi connectivity index (χ3n) is 4.01. The smallest absolute Gasteiger partial charge is 0.113 e. The number of ether oxygens (including phenoxy) is 2. The fraction of sp³-hybridized carbons (Fsp3) is 0.333. The monoisotopic (exact) mass is 340 g/mol. The Labute approximate surface area is 150 Å². The van der Waals surface area contributed by atoms with Crippen molar-refractivity contribution in [1.29, 1.82) is 0 Å². The Hall–Kier alpha value is -2.14. The summed E-state index contributed by atoms with van der Waals surface area (Å²) in [4.78, 5) is 2.25. The van der Waals surface area contributed by atoms with Gasteiger partial charge in [0, 0.05) is 20.2 Å². The Morgan fingerprint density at radius 1 is 1.08 bits per heavy atom. The first-order valence-corrected chi connectivity index (χ1v) is 8.48. The molecule has 2 aromatic rings. The van der Waals surface area contributed by atoms with Crippen molar-refractivity contribution in [3.05, 3.63) is 72.0 Å². The van der Waals surface area contributed by atoms with Crippen LogP contribution in [0.5, 0.6) is 0 Å². The molecule has 0 unspecified atom stereocenters. The zero-order valence-corrected chi connectivity index (χ0v) is 15.2. The molecule has 0 aliphatic rings. The van der Waals surface area contributed by atoms with Crippen molar-refractivity contribution in [2.45, 2.75) is 13.2 Å². The molecule has 4 heteroatoms. The van der Waals surface area contributed by atoms with Gasteiger partial charge in [-0.2, -0.15) is 0 Å². The molecule has 134 valence electrons. The molecule has 0 bridgehead atoms. The minimum absolute atomic E-state index is 0.347. The number of nitrogens with two attached hydrogens (primary N) is 1. The summed E-state index contributed by atoms with van der Waals surface area (Å²) < 4.78 is 10.6. The van der Waals surface area contributed by atoms with Gasteiger partial charge in [0.25, 0.3) is 0 Å². The standard InChI is InChI=1S/C21H28N2O2/c1-17(14-22)25-16-19-5-4-6-21(13-19)20-9-7-18(8-10-20)15-23(2)11-12-24-3/h4-10,13H,1,11-12,14-16,22H2,2-3H3. The molecule has 2 N–H and O–H groups in total. The lowest BCUT2D eigenvalue weighted by molar-refractivity contribution is 0.158. The van der Waals surface area contributed by atoms with Gasteiger partial charge in [-0.15, -0.1) is 0 Å². The van der Waals surface area contributed by atoms with E-state index in [-0.39, 0.29) is 0 Å². The molecule has 4 nitrogen and oxygen atoms in total. The van der Waals surface area contributed by atoms with Gasteiger partial charge in [-0.25, -0.2) is 0 Å². The molecule has 25 heavy (non-hydrogen) atoms. The van der Waals surface area contributed by atoms with Gasteiger partial charge < -0.3 is 15.2 Å². The van der Waals surface area contributed by atoms with Crippen LogP contribution in [-0.2, 0) is 22.6 Å². The van der Waals surface area contributed by atoms with Gasteiger partial charge >= 0.3 is 0 Å². The molecule has 0 aliphatic carbocycles. The highest BCUT2D eigenvalue weighted by molar-refractivity contribution is 5.64. The maximum atomic E-state index is 5.53. The second-order valence-electron chi connectivity index (χ2n) is 6.16. The predicted octanol–water partition coefficient (Wildman–Crippen LogP) is 3.42. The Bertz CT molecular complexity index is 668. The normalized spacial score (nSPS) is 10.9. The van der Waals surface area contributed by atoms with Crippen LogP contribution in [0.25, 0.3) is 11.1 Å². The summed E-state index contributed by atoms with van der Waals surface area (Å²) in [6.45, 7) is 7.19. The first-order chi connectivity index (χ1) is 12.1. The van der Waals surface area contributed by atoms with Gasteiger partial charge in [-0.3, -0.25) is 4.90 Å². The van der Waals surface area contributed by atoms with Crippen molar-refractivity contribution in [3.8, 4) is 11.1 Å². The average molecular weight is 340 g/mol. The fourth-order valence-electron chi connectivity index (χ4n) is 2.53. The average Bonchev–Trinajstić information content (AvgIpc) is 2.65. The van der Waals surface area contributed by atoms with Crippen LogP contribution < -0.4 is 5.73 Å². The van der Waals surface area contributed by atoms with Gasteiger partial charge in [0.05, 0.1) is 13.2 Å². The summed E-state index contributed by atoms with van der Waals surface area (Å²) >= 11 is 0. The number of methoxy groups -OCH3 is 1. The number of hydrogen-bond acceptors (Lipinski definition) is 4. The molecule has 0 spiro atoms. The molecule has 2 aromatic carbocycles. The molecule has 0 radical (unpaired) electrons. The van der Waals surface area contributed by atoms with Crippen LogP contribution >= 0.6 is 0 Å². The Morgan fingerprint density at radius 2 is 1.84 bits per heavy atom. The maximum Gasteiger partial charge on any atom is 0.113 e. The Balaban J connectivity index is 2.00. The van der Waals surface area contributed by atoms with Gasteiger partial charge in [-0.05, 0) is 35.4 Å². The maximum absolute atomic E-state index is 5.53. The first kappa shape index (κ1) is 19.2. The lowest BCUT2D eigenvalue weighted by atomic mass is 10.0. The van der Waals surface area contributed by atoms with Crippen LogP contribution in [0.4, 0.5) is 0 Å². The lowest BCUT2D eigenvalue weighted by Crippen LogP contribution is -2.22. The zero-order valence-electron chi connectivity index (χ0n) is 15.2. The van der Waals surface area contributed by atoms with Gasteiger partial charge in [-0.1, -0.05) is 49.0 Å². The summed E-state index contributed by atoms with van der Waals surface area (Å²) in [5.41, 5.74) is 10.3. The fourth-order valence-corrected chi connectivity index (χ4v) is 2.53. The van der Waals surface area contributed by atoms with Crippen molar-refractivity contribution in [1.82, 2.24) is 4.90 Å². The third-order valence-corrected chi connectivity index (χ3v) is 4.01. The van der Waals surface area contributed by atoms with Crippen molar-refractivity contribution >= 4 is 0 Å². The minimum Gasteiger partial charge on any atom is -0.493 e. The third kappa shape index (κ3) is 6.35. The van der Waals surface area contributed by atoms with Crippen LogP contribution in [0, 0.1) is 0 Å². The number of likely N-dealkylation sites (N-methyl/N-ethyl adjacent to an activating group) is 1. The molecule has 0 fully saturated rings. The summed E-state index contributed by atoms with van der Waals surface area (Å²) in [6, 6.07) is 17.0. The molecule has 0 saturated carbocycles. The van der Waals surface area contributed by atoms with E-state index in [1.807, 2.05) is 12.1 Å². The molecule has 2 rings (SSSR count). The molecular formula is C21H28N2O2. The van der Waals surface area contributed by atoms with Crippen LogP contribution in [0.2, 0.25) is 0 Å². The quantitative estimate of drug-likeness (QED) is 0.673. The van der Waals surface area contributed by atoms with E-state index in [9.17, 15) is 0 Å². The van der Waals surface area contributed by atoms with Crippen molar-refractivity contribution in [2.24, 2.45) is 5.73 Å². The van der Waals surface area contributed by atoms with E-state index in [4.69, 9.17) is 15.2 Å². The first-order valence-electron chi connectivity index (χ1n) is 8.48. The Kier molecular flexibility index (Phi) is 7.67. The molecule has 0 amide bonds.